The van der Waals surface area contributed by atoms with E-state index in [0.29, 0.717) is 12.1 Å². The molecule has 0 aliphatic heterocycles. The van der Waals surface area contributed by atoms with Crippen molar-refractivity contribution in [1.29, 1.82) is 0 Å². The minimum atomic E-state index is -0.0153. The first kappa shape index (κ1) is 15.5. The number of rotatable bonds is 8. The van der Waals surface area contributed by atoms with Gasteiger partial charge in [0.2, 0.25) is 0 Å². The molecule has 4 heteroatoms. The second-order valence-electron chi connectivity index (χ2n) is 4.65. The molecule has 0 saturated heterocycles. The van der Waals surface area contributed by atoms with E-state index in [1.807, 2.05) is 13.0 Å². The van der Waals surface area contributed by atoms with Gasteiger partial charge in [0.15, 0.2) is 0 Å². The van der Waals surface area contributed by atoms with Gasteiger partial charge in [0, 0.05) is 31.4 Å². The molecule has 1 amide bonds. The number of amides is 1. The average molecular weight is 263 g/mol. The monoisotopic (exact) mass is 263 g/mol. The summed E-state index contributed by atoms with van der Waals surface area (Å²) in [6, 6.07) is 3.65. The average Bonchev–Trinajstić information content (AvgIpc) is 2.44. The summed E-state index contributed by atoms with van der Waals surface area (Å²) in [4.78, 5) is 18.6. The van der Waals surface area contributed by atoms with Gasteiger partial charge in [-0.25, -0.2) is 4.98 Å². The molecule has 1 aromatic heterocycles. The molecular formula is C15H25N3O. The fraction of sp³-hybridized carbons (Fsp3) is 0.600. The zero-order valence-corrected chi connectivity index (χ0v) is 12.3. The van der Waals surface area contributed by atoms with E-state index in [0.717, 1.165) is 38.2 Å². The standard InChI is InChI=1S/C15H25N3O/c1-4-8-17-15(19)13-7-9-16-14(12-13)18(10-5-2)11-6-3/h7,9,12H,4-6,8,10-11H2,1-3H3,(H,17,19). The van der Waals surface area contributed by atoms with Gasteiger partial charge in [-0.15, -0.1) is 0 Å². The first-order valence-corrected chi connectivity index (χ1v) is 7.22. The van der Waals surface area contributed by atoms with Crippen molar-refractivity contribution in [1.82, 2.24) is 10.3 Å². The van der Waals surface area contributed by atoms with Crippen LogP contribution in [0.3, 0.4) is 0 Å². The van der Waals surface area contributed by atoms with Gasteiger partial charge in [-0.2, -0.15) is 0 Å². The van der Waals surface area contributed by atoms with Crippen LogP contribution < -0.4 is 10.2 Å². The maximum absolute atomic E-state index is 11.9. The lowest BCUT2D eigenvalue weighted by Crippen LogP contribution is -2.27. The van der Waals surface area contributed by atoms with E-state index in [1.165, 1.54) is 0 Å². The molecule has 0 aliphatic carbocycles. The van der Waals surface area contributed by atoms with Crippen LogP contribution in [0.5, 0.6) is 0 Å². The molecule has 106 valence electrons. The summed E-state index contributed by atoms with van der Waals surface area (Å²) >= 11 is 0. The van der Waals surface area contributed by atoms with Crippen molar-refractivity contribution in [3.05, 3.63) is 23.9 Å². The number of hydrogen-bond acceptors (Lipinski definition) is 3. The quantitative estimate of drug-likeness (QED) is 0.784. The molecule has 19 heavy (non-hydrogen) atoms. The lowest BCUT2D eigenvalue weighted by molar-refractivity contribution is 0.0953. The van der Waals surface area contributed by atoms with Gasteiger partial charge < -0.3 is 10.2 Å². The summed E-state index contributed by atoms with van der Waals surface area (Å²) in [5, 5.41) is 2.89. The van der Waals surface area contributed by atoms with Gasteiger partial charge in [0.25, 0.3) is 5.91 Å². The Bertz CT molecular complexity index is 387. The van der Waals surface area contributed by atoms with Crippen LogP contribution in [-0.2, 0) is 0 Å². The SMILES string of the molecule is CCCNC(=O)c1ccnc(N(CCC)CCC)c1. The zero-order valence-electron chi connectivity index (χ0n) is 12.3. The summed E-state index contributed by atoms with van der Waals surface area (Å²) in [6.45, 7) is 9.01. The van der Waals surface area contributed by atoms with E-state index in [2.05, 4.69) is 29.0 Å². The van der Waals surface area contributed by atoms with Crippen LogP contribution in [0.25, 0.3) is 0 Å². The van der Waals surface area contributed by atoms with Crippen molar-refractivity contribution >= 4 is 11.7 Å². The van der Waals surface area contributed by atoms with Gasteiger partial charge in [-0.05, 0) is 31.4 Å². The highest BCUT2D eigenvalue weighted by Gasteiger charge is 2.10. The molecule has 1 aromatic rings. The first-order chi connectivity index (χ1) is 9.22. The van der Waals surface area contributed by atoms with Crippen molar-refractivity contribution in [3.63, 3.8) is 0 Å². The highest BCUT2D eigenvalue weighted by molar-refractivity contribution is 5.94. The molecule has 4 nitrogen and oxygen atoms in total. The third-order valence-corrected chi connectivity index (χ3v) is 2.85. The van der Waals surface area contributed by atoms with Crippen LogP contribution in [0.1, 0.15) is 50.4 Å². The van der Waals surface area contributed by atoms with Gasteiger partial charge in [0.1, 0.15) is 5.82 Å². The fourth-order valence-corrected chi connectivity index (χ4v) is 1.95. The molecule has 1 heterocycles. The Balaban J connectivity index is 2.81. The second kappa shape index (κ2) is 8.51. The van der Waals surface area contributed by atoms with E-state index >= 15 is 0 Å². The van der Waals surface area contributed by atoms with Crippen LogP contribution in [-0.4, -0.2) is 30.5 Å². The summed E-state index contributed by atoms with van der Waals surface area (Å²) in [6.07, 6.45) is 4.82. The number of anilines is 1. The van der Waals surface area contributed by atoms with Crippen LogP contribution >= 0.6 is 0 Å². The Hall–Kier alpha value is -1.58. The predicted octanol–water partition coefficient (Wildman–Crippen LogP) is 2.85. The van der Waals surface area contributed by atoms with Gasteiger partial charge >= 0.3 is 0 Å². The Kier molecular flexibility index (Phi) is 6.93. The number of pyridine rings is 1. The molecule has 0 bridgehead atoms. The molecule has 0 saturated carbocycles. The van der Waals surface area contributed by atoms with Crippen molar-refractivity contribution in [2.24, 2.45) is 0 Å². The van der Waals surface area contributed by atoms with Crippen molar-refractivity contribution in [2.75, 3.05) is 24.5 Å². The van der Waals surface area contributed by atoms with Gasteiger partial charge in [-0.1, -0.05) is 20.8 Å². The number of carbonyl (C=O) groups excluding carboxylic acids is 1. The minimum Gasteiger partial charge on any atom is -0.357 e. The lowest BCUT2D eigenvalue weighted by atomic mass is 10.2. The smallest absolute Gasteiger partial charge is 0.251 e. The van der Waals surface area contributed by atoms with E-state index in [-0.39, 0.29) is 5.91 Å². The van der Waals surface area contributed by atoms with Gasteiger partial charge in [0.05, 0.1) is 0 Å². The Morgan fingerprint density at radius 1 is 1.21 bits per heavy atom. The minimum absolute atomic E-state index is 0.0153. The number of nitrogens with zero attached hydrogens (tertiary/aromatic N) is 2. The third kappa shape index (κ3) is 4.89. The summed E-state index contributed by atoms with van der Waals surface area (Å²) in [5.41, 5.74) is 0.690. The van der Waals surface area contributed by atoms with E-state index in [9.17, 15) is 4.79 Å². The number of hydrogen-bond donors (Lipinski definition) is 1. The first-order valence-electron chi connectivity index (χ1n) is 7.22. The summed E-state index contributed by atoms with van der Waals surface area (Å²) in [5.74, 6) is 0.881. The maximum atomic E-state index is 11.9. The highest BCUT2D eigenvalue weighted by atomic mass is 16.1. The van der Waals surface area contributed by atoms with Crippen molar-refractivity contribution < 1.29 is 4.79 Å². The Morgan fingerprint density at radius 2 is 1.89 bits per heavy atom. The Labute approximate surface area is 116 Å². The molecule has 0 atom stereocenters. The van der Waals surface area contributed by atoms with Crippen molar-refractivity contribution in [2.45, 2.75) is 40.0 Å². The predicted molar refractivity (Wildman–Crippen MR) is 79.7 cm³/mol. The fourth-order valence-electron chi connectivity index (χ4n) is 1.95. The highest BCUT2D eigenvalue weighted by Crippen LogP contribution is 2.13. The van der Waals surface area contributed by atoms with Gasteiger partial charge in [-0.3, -0.25) is 4.79 Å². The normalized spacial score (nSPS) is 10.3. The van der Waals surface area contributed by atoms with E-state index < -0.39 is 0 Å². The van der Waals surface area contributed by atoms with Crippen LogP contribution in [0.2, 0.25) is 0 Å². The largest absolute Gasteiger partial charge is 0.357 e. The molecule has 0 aliphatic rings. The van der Waals surface area contributed by atoms with Crippen LogP contribution in [0.4, 0.5) is 5.82 Å². The number of aromatic nitrogens is 1. The molecule has 0 unspecified atom stereocenters. The number of nitrogens with one attached hydrogen (secondary N) is 1. The summed E-state index contributed by atoms with van der Waals surface area (Å²) < 4.78 is 0. The van der Waals surface area contributed by atoms with E-state index in [4.69, 9.17) is 0 Å². The topological polar surface area (TPSA) is 45.2 Å². The molecule has 1 rings (SSSR count). The number of carbonyl (C=O) groups is 1. The molecule has 1 N–H and O–H groups in total. The van der Waals surface area contributed by atoms with E-state index in [1.54, 1.807) is 12.3 Å². The van der Waals surface area contributed by atoms with Crippen LogP contribution in [0, 0.1) is 0 Å². The van der Waals surface area contributed by atoms with Crippen molar-refractivity contribution in [3.8, 4) is 0 Å². The third-order valence-electron chi connectivity index (χ3n) is 2.85. The molecule has 0 spiro atoms. The zero-order chi connectivity index (χ0) is 14.1. The molecule has 0 radical (unpaired) electrons. The lowest BCUT2D eigenvalue weighted by Gasteiger charge is -2.22. The second-order valence-corrected chi connectivity index (χ2v) is 4.65. The molecular weight excluding hydrogens is 238 g/mol. The Morgan fingerprint density at radius 3 is 2.47 bits per heavy atom. The maximum Gasteiger partial charge on any atom is 0.251 e. The molecule has 0 aromatic carbocycles. The summed E-state index contributed by atoms with van der Waals surface area (Å²) in [7, 11) is 0. The molecule has 0 fully saturated rings. The van der Waals surface area contributed by atoms with Crippen LogP contribution in [0.15, 0.2) is 18.3 Å².